The largest absolute Gasteiger partial charge is 0.507 e. The lowest BCUT2D eigenvalue weighted by Gasteiger charge is -2.26. The van der Waals surface area contributed by atoms with E-state index >= 15 is 0 Å². The maximum atomic E-state index is 13.4. The summed E-state index contributed by atoms with van der Waals surface area (Å²) >= 11 is 3.46. The van der Waals surface area contributed by atoms with E-state index in [9.17, 15) is 19.8 Å². The van der Waals surface area contributed by atoms with Gasteiger partial charge >= 0.3 is 0 Å². The summed E-state index contributed by atoms with van der Waals surface area (Å²) in [5, 5.41) is 21.6. The number of amides is 1. The van der Waals surface area contributed by atoms with Crippen molar-refractivity contribution in [2.24, 2.45) is 0 Å². The molecule has 1 unspecified atom stereocenters. The first-order valence-electron chi connectivity index (χ1n) is 11.7. The molecule has 2 N–H and O–H groups in total. The molecule has 1 atom stereocenters. The van der Waals surface area contributed by atoms with E-state index in [1.807, 2.05) is 39.0 Å². The zero-order valence-electron chi connectivity index (χ0n) is 20.6. The number of aromatic hydroxyl groups is 1. The number of aliphatic hydroxyl groups is 1. The Morgan fingerprint density at radius 2 is 1.75 bits per heavy atom. The summed E-state index contributed by atoms with van der Waals surface area (Å²) in [7, 11) is 0. The fourth-order valence-electron chi connectivity index (χ4n) is 4.46. The Bertz CT molecular complexity index is 1390. The molecule has 1 fully saturated rings. The van der Waals surface area contributed by atoms with Crippen molar-refractivity contribution in [2.45, 2.75) is 40.3 Å². The number of hydrogen-bond donors (Lipinski definition) is 2. The Morgan fingerprint density at radius 3 is 2.44 bits per heavy atom. The van der Waals surface area contributed by atoms with E-state index in [1.54, 1.807) is 37.3 Å². The number of rotatable bonds is 6. The van der Waals surface area contributed by atoms with Crippen LogP contribution in [0, 0.1) is 20.8 Å². The number of Topliss-reactive ketones (excluding diaryl/α,β-unsaturated/α-hetero) is 1. The van der Waals surface area contributed by atoms with Crippen molar-refractivity contribution in [3.05, 3.63) is 98.0 Å². The van der Waals surface area contributed by atoms with Crippen molar-refractivity contribution in [1.82, 2.24) is 4.90 Å². The van der Waals surface area contributed by atoms with Gasteiger partial charge in [0.2, 0.25) is 0 Å². The van der Waals surface area contributed by atoms with Gasteiger partial charge in [0.15, 0.2) is 11.5 Å². The molecular weight excluding hydrogens is 522 g/mol. The van der Waals surface area contributed by atoms with Crippen LogP contribution >= 0.6 is 15.9 Å². The van der Waals surface area contributed by atoms with Gasteiger partial charge < -0.3 is 19.8 Å². The van der Waals surface area contributed by atoms with Crippen LogP contribution in [0.25, 0.3) is 5.76 Å². The standard InChI is InChI=1S/C29H28BrNO5/c1-5-36-24-14-19(9-11-23(24)32)26-25(27(33)20-8-10-22(30)18(4)13-20)28(34)29(35)31(26)15-21-12-16(2)6-7-17(21)3/h6-14,26,32-33H,5,15H2,1-4H3/b27-25-. The number of carbonyl (C=O) groups excluding carboxylic acids is 2. The summed E-state index contributed by atoms with van der Waals surface area (Å²) in [5.41, 5.74) is 4.81. The molecule has 1 amide bonds. The molecule has 0 aromatic heterocycles. The highest BCUT2D eigenvalue weighted by Gasteiger charge is 2.46. The Hall–Kier alpha value is -3.58. The summed E-state index contributed by atoms with van der Waals surface area (Å²) in [6, 6.07) is 15.1. The lowest BCUT2D eigenvalue weighted by Crippen LogP contribution is -2.29. The third-order valence-corrected chi connectivity index (χ3v) is 7.31. The second kappa shape index (κ2) is 10.2. The second-order valence-corrected chi connectivity index (χ2v) is 9.84. The maximum Gasteiger partial charge on any atom is 0.295 e. The first-order valence-corrected chi connectivity index (χ1v) is 12.5. The van der Waals surface area contributed by atoms with Crippen molar-refractivity contribution < 1.29 is 24.5 Å². The smallest absolute Gasteiger partial charge is 0.295 e. The average molecular weight is 550 g/mol. The highest BCUT2D eigenvalue weighted by Crippen LogP contribution is 2.43. The number of aryl methyl sites for hydroxylation is 3. The monoisotopic (exact) mass is 549 g/mol. The number of likely N-dealkylation sites (tertiary alicyclic amines) is 1. The molecular formula is C29H28BrNO5. The average Bonchev–Trinajstić information content (AvgIpc) is 3.09. The summed E-state index contributed by atoms with van der Waals surface area (Å²) in [5.74, 6) is -1.50. The van der Waals surface area contributed by atoms with Crippen molar-refractivity contribution in [2.75, 3.05) is 6.61 Å². The van der Waals surface area contributed by atoms with E-state index in [2.05, 4.69) is 15.9 Å². The number of nitrogens with zero attached hydrogens (tertiary/aromatic N) is 1. The van der Waals surface area contributed by atoms with Gasteiger partial charge in [0.05, 0.1) is 18.2 Å². The van der Waals surface area contributed by atoms with Gasteiger partial charge in [-0.25, -0.2) is 0 Å². The zero-order valence-corrected chi connectivity index (χ0v) is 22.2. The van der Waals surface area contributed by atoms with Crippen molar-refractivity contribution in [3.63, 3.8) is 0 Å². The molecule has 0 radical (unpaired) electrons. The predicted molar refractivity (Wildman–Crippen MR) is 142 cm³/mol. The van der Waals surface area contributed by atoms with E-state index in [1.165, 1.54) is 11.0 Å². The summed E-state index contributed by atoms with van der Waals surface area (Å²) in [4.78, 5) is 28.2. The number of aliphatic hydroxyl groups excluding tert-OH is 1. The molecule has 7 heteroatoms. The van der Waals surface area contributed by atoms with Gasteiger partial charge in [0.25, 0.3) is 11.7 Å². The van der Waals surface area contributed by atoms with Crippen LogP contribution in [-0.2, 0) is 16.1 Å². The van der Waals surface area contributed by atoms with Crippen LogP contribution in [-0.4, -0.2) is 33.4 Å². The lowest BCUT2D eigenvalue weighted by atomic mass is 9.94. The van der Waals surface area contributed by atoms with Crippen molar-refractivity contribution in [3.8, 4) is 11.5 Å². The summed E-state index contributed by atoms with van der Waals surface area (Å²) in [6.07, 6.45) is 0. The predicted octanol–water partition coefficient (Wildman–Crippen LogP) is 6.10. The topological polar surface area (TPSA) is 87.1 Å². The third kappa shape index (κ3) is 4.75. The Labute approximate surface area is 219 Å². The van der Waals surface area contributed by atoms with E-state index in [0.29, 0.717) is 17.7 Å². The van der Waals surface area contributed by atoms with Crippen LogP contribution in [0.5, 0.6) is 11.5 Å². The fourth-order valence-corrected chi connectivity index (χ4v) is 4.71. The van der Waals surface area contributed by atoms with Crippen LogP contribution in [0.15, 0.2) is 64.6 Å². The summed E-state index contributed by atoms with van der Waals surface area (Å²) < 4.78 is 6.43. The van der Waals surface area contributed by atoms with E-state index < -0.39 is 17.7 Å². The van der Waals surface area contributed by atoms with Gasteiger partial charge in [-0.2, -0.15) is 0 Å². The quantitative estimate of drug-likeness (QED) is 0.220. The molecule has 3 aromatic carbocycles. The highest BCUT2D eigenvalue weighted by atomic mass is 79.9. The van der Waals surface area contributed by atoms with Crippen LogP contribution in [0.2, 0.25) is 0 Å². The molecule has 1 aliphatic rings. The lowest BCUT2D eigenvalue weighted by molar-refractivity contribution is -0.140. The van der Waals surface area contributed by atoms with Crippen LogP contribution < -0.4 is 4.74 Å². The van der Waals surface area contributed by atoms with E-state index in [0.717, 1.165) is 26.7 Å². The van der Waals surface area contributed by atoms with Gasteiger partial charge in [0.1, 0.15) is 5.76 Å². The minimum Gasteiger partial charge on any atom is -0.507 e. The molecule has 0 saturated carbocycles. The SMILES string of the molecule is CCOc1cc(C2/C(=C(/O)c3ccc(Br)c(C)c3)C(=O)C(=O)N2Cc2cc(C)ccc2C)ccc1O. The number of halogens is 1. The number of hydrogen-bond acceptors (Lipinski definition) is 5. The number of carbonyl (C=O) groups is 2. The van der Waals surface area contributed by atoms with Gasteiger partial charge in [-0.3, -0.25) is 9.59 Å². The molecule has 0 bridgehead atoms. The third-order valence-electron chi connectivity index (χ3n) is 6.42. The molecule has 0 spiro atoms. The normalized spacial score (nSPS) is 17.0. The fraction of sp³-hybridized carbons (Fsp3) is 0.241. The van der Waals surface area contributed by atoms with Gasteiger partial charge in [-0.05, 0) is 74.2 Å². The number of phenols is 1. The van der Waals surface area contributed by atoms with Gasteiger partial charge in [-0.1, -0.05) is 51.8 Å². The second-order valence-electron chi connectivity index (χ2n) is 8.98. The van der Waals surface area contributed by atoms with Gasteiger partial charge in [-0.15, -0.1) is 0 Å². The molecule has 1 heterocycles. The molecule has 6 nitrogen and oxygen atoms in total. The van der Waals surface area contributed by atoms with E-state index in [-0.39, 0.29) is 29.4 Å². The Kier molecular flexibility index (Phi) is 7.22. The maximum absolute atomic E-state index is 13.4. The summed E-state index contributed by atoms with van der Waals surface area (Å²) in [6.45, 7) is 8.12. The minimum absolute atomic E-state index is 0.000154. The van der Waals surface area contributed by atoms with Crippen LogP contribution in [0.3, 0.4) is 0 Å². The molecule has 0 aliphatic carbocycles. The number of benzene rings is 3. The molecule has 186 valence electrons. The molecule has 36 heavy (non-hydrogen) atoms. The zero-order chi connectivity index (χ0) is 26.1. The number of ether oxygens (including phenoxy) is 1. The van der Waals surface area contributed by atoms with Crippen molar-refractivity contribution >= 4 is 33.4 Å². The Balaban J connectivity index is 1.92. The number of phenolic OH excluding ortho intramolecular Hbond substituents is 1. The first-order chi connectivity index (χ1) is 17.1. The minimum atomic E-state index is -0.867. The van der Waals surface area contributed by atoms with Gasteiger partial charge in [0, 0.05) is 16.6 Å². The molecule has 1 aliphatic heterocycles. The molecule has 1 saturated heterocycles. The van der Waals surface area contributed by atoms with Crippen molar-refractivity contribution in [1.29, 1.82) is 0 Å². The van der Waals surface area contributed by atoms with Crippen LogP contribution in [0.1, 0.15) is 46.3 Å². The molecule has 3 aromatic rings. The van der Waals surface area contributed by atoms with Crippen LogP contribution in [0.4, 0.5) is 0 Å². The number of ketones is 1. The highest BCUT2D eigenvalue weighted by molar-refractivity contribution is 9.10. The van der Waals surface area contributed by atoms with E-state index in [4.69, 9.17) is 4.74 Å². The first kappa shape index (κ1) is 25.5. The molecule has 4 rings (SSSR count). The Morgan fingerprint density at radius 1 is 1.00 bits per heavy atom.